The van der Waals surface area contributed by atoms with Gasteiger partial charge in [0.1, 0.15) is 0 Å². The summed E-state index contributed by atoms with van der Waals surface area (Å²) in [6, 6.07) is 10.2. The molecule has 0 spiro atoms. The van der Waals surface area contributed by atoms with Crippen LogP contribution in [0.25, 0.3) is 5.70 Å². The number of hydrogen-bond donors (Lipinski definition) is 2. The van der Waals surface area contributed by atoms with Crippen molar-refractivity contribution in [2.75, 3.05) is 6.54 Å². The molecule has 3 unspecified atom stereocenters. The van der Waals surface area contributed by atoms with Gasteiger partial charge in [-0.1, -0.05) is 43.3 Å². The van der Waals surface area contributed by atoms with Crippen molar-refractivity contribution in [2.45, 2.75) is 39.0 Å². The van der Waals surface area contributed by atoms with Gasteiger partial charge >= 0.3 is 0 Å². The highest BCUT2D eigenvalue weighted by Crippen LogP contribution is 2.42. The summed E-state index contributed by atoms with van der Waals surface area (Å²) in [7, 11) is 0. The highest BCUT2D eigenvalue weighted by Gasteiger charge is 2.36. The van der Waals surface area contributed by atoms with E-state index in [9.17, 15) is 0 Å². The Kier molecular flexibility index (Phi) is 6.49. The molecular formula is C23H32N4. The third kappa shape index (κ3) is 4.49. The maximum absolute atomic E-state index is 6.71. The van der Waals surface area contributed by atoms with E-state index < -0.39 is 0 Å². The Labute approximate surface area is 163 Å². The lowest BCUT2D eigenvalue weighted by Crippen LogP contribution is -2.36. The van der Waals surface area contributed by atoms with E-state index in [0.29, 0.717) is 29.5 Å². The third-order valence-corrected chi connectivity index (χ3v) is 5.94. The number of rotatable bonds is 6. The predicted octanol–water partition coefficient (Wildman–Crippen LogP) is 4.39. The topological polar surface area (TPSA) is 76.8 Å². The molecule has 27 heavy (non-hydrogen) atoms. The Hall–Kier alpha value is -2.36. The second kappa shape index (κ2) is 9.03. The van der Waals surface area contributed by atoms with Gasteiger partial charge in [-0.25, -0.2) is 4.99 Å². The molecule has 1 aliphatic carbocycles. The monoisotopic (exact) mass is 364 g/mol. The van der Waals surface area contributed by atoms with Gasteiger partial charge in [-0.05, 0) is 43.4 Å². The molecule has 1 aliphatic heterocycles. The van der Waals surface area contributed by atoms with Crippen LogP contribution in [-0.2, 0) is 0 Å². The Morgan fingerprint density at radius 2 is 2.04 bits per heavy atom. The van der Waals surface area contributed by atoms with Crippen LogP contribution in [0.15, 0.2) is 58.7 Å². The summed E-state index contributed by atoms with van der Waals surface area (Å²) in [5.74, 6) is 2.59. The van der Waals surface area contributed by atoms with E-state index in [0.717, 1.165) is 55.6 Å². The van der Waals surface area contributed by atoms with E-state index in [4.69, 9.17) is 16.5 Å². The van der Waals surface area contributed by atoms with Crippen LogP contribution in [0.1, 0.15) is 44.6 Å². The van der Waals surface area contributed by atoms with Gasteiger partial charge in [-0.15, -0.1) is 6.58 Å². The van der Waals surface area contributed by atoms with Crippen molar-refractivity contribution in [3.8, 4) is 0 Å². The molecule has 4 atom stereocenters. The van der Waals surface area contributed by atoms with E-state index in [1.807, 2.05) is 18.2 Å². The van der Waals surface area contributed by atoms with E-state index in [1.54, 1.807) is 0 Å². The molecular weight excluding hydrogens is 332 g/mol. The zero-order chi connectivity index (χ0) is 19.2. The Morgan fingerprint density at radius 3 is 2.74 bits per heavy atom. The quantitative estimate of drug-likeness (QED) is 0.446. The van der Waals surface area contributed by atoms with Crippen LogP contribution in [-0.4, -0.2) is 18.6 Å². The molecule has 1 aromatic carbocycles. The van der Waals surface area contributed by atoms with Crippen LogP contribution in [0.4, 0.5) is 0 Å². The van der Waals surface area contributed by atoms with E-state index >= 15 is 0 Å². The van der Waals surface area contributed by atoms with Gasteiger partial charge in [-0.2, -0.15) is 0 Å². The molecule has 4 nitrogen and oxygen atoms in total. The molecule has 4 N–H and O–H groups in total. The second-order valence-corrected chi connectivity index (χ2v) is 7.77. The first kappa shape index (κ1) is 19.4. The van der Waals surface area contributed by atoms with E-state index in [-0.39, 0.29) is 0 Å². The highest BCUT2D eigenvalue weighted by molar-refractivity contribution is 5.87. The summed E-state index contributed by atoms with van der Waals surface area (Å²) in [5, 5.41) is 0. The molecule has 1 fully saturated rings. The molecule has 0 aromatic heterocycles. The van der Waals surface area contributed by atoms with Crippen molar-refractivity contribution in [1.82, 2.24) is 0 Å². The Balaban J connectivity index is 1.90. The van der Waals surface area contributed by atoms with Crippen molar-refractivity contribution in [3.63, 3.8) is 0 Å². The molecule has 0 radical (unpaired) electrons. The van der Waals surface area contributed by atoms with Gasteiger partial charge in [0.05, 0.1) is 11.5 Å². The fraction of sp³-hybridized carbons (Fsp3) is 0.478. The average Bonchev–Trinajstić information content (AvgIpc) is 2.71. The lowest BCUT2D eigenvalue weighted by Gasteiger charge is -2.40. The summed E-state index contributed by atoms with van der Waals surface area (Å²) >= 11 is 0. The lowest BCUT2D eigenvalue weighted by atomic mass is 9.67. The number of amidine groups is 1. The minimum absolute atomic E-state index is 0.314. The molecule has 1 saturated carbocycles. The lowest BCUT2D eigenvalue weighted by molar-refractivity contribution is 0.200. The van der Waals surface area contributed by atoms with Gasteiger partial charge in [0.15, 0.2) is 0 Å². The Morgan fingerprint density at radius 1 is 1.26 bits per heavy atom. The van der Waals surface area contributed by atoms with Gasteiger partial charge < -0.3 is 11.5 Å². The minimum atomic E-state index is 0.314. The summed E-state index contributed by atoms with van der Waals surface area (Å²) in [5.41, 5.74) is 15.6. The van der Waals surface area contributed by atoms with Crippen LogP contribution in [0.2, 0.25) is 0 Å². The minimum Gasteiger partial charge on any atom is -0.400 e. The zero-order valence-corrected chi connectivity index (χ0v) is 16.3. The zero-order valence-electron chi connectivity index (χ0n) is 16.3. The van der Waals surface area contributed by atoms with Crippen molar-refractivity contribution in [1.29, 1.82) is 0 Å². The average molecular weight is 365 g/mol. The number of aliphatic imine (C=N–C) groups is 2. The molecule has 3 rings (SSSR count). The summed E-state index contributed by atoms with van der Waals surface area (Å²) in [6.45, 7) is 7.00. The van der Waals surface area contributed by atoms with Crippen LogP contribution in [0.3, 0.4) is 0 Å². The molecule has 2 aliphatic rings. The molecule has 144 valence electrons. The number of fused-ring (bicyclic) bond motifs is 1. The standard InChI is InChI=1S/C23H32N4/c1-3-8-21(24)27-23(17-9-6-5-7-10-17)22(25)18-11-12-20-16(4-2)14-26-15-19(20)13-18/h4-7,9-10,15-16,18-20H,2-3,8,11-14,25H2,1H3,(H2,24,27)/b23-22-/t16?,18-,19?,20?/m0/s1. The van der Waals surface area contributed by atoms with Gasteiger partial charge in [0.2, 0.25) is 0 Å². The van der Waals surface area contributed by atoms with Crippen LogP contribution < -0.4 is 11.5 Å². The fourth-order valence-electron chi connectivity index (χ4n) is 4.46. The summed E-state index contributed by atoms with van der Waals surface area (Å²) < 4.78 is 0. The largest absolute Gasteiger partial charge is 0.400 e. The van der Waals surface area contributed by atoms with Gasteiger partial charge in [0.25, 0.3) is 0 Å². The first-order valence-corrected chi connectivity index (χ1v) is 10.1. The smallest absolute Gasteiger partial charge is 0.0997 e. The number of benzene rings is 1. The first-order chi connectivity index (χ1) is 13.1. The third-order valence-electron chi connectivity index (χ3n) is 5.94. The molecule has 1 heterocycles. The maximum Gasteiger partial charge on any atom is 0.0997 e. The number of nitrogens with zero attached hydrogens (tertiary/aromatic N) is 2. The number of nitrogens with two attached hydrogens (primary N) is 2. The number of allylic oxidation sites excluding steroid dienone is 1. The maximum atomic E-state index is 6.71. The summed E-state index contributed by atoms with van der Waals surface area (Å²) in [6.07, 6.45) is 9.28. The van der Waals surface area contributed by atoms with Crippen molar-refractivity contribution >= 4 is 17.7 Å². The van der Waals surface area contributed by atoms with E-state index in [1.165, 1.54) is 0 Å². The molecule has 1 aromatic rings. The SMILES string of the molecule is C=CC1CN=CC2C[C@@H](/C(N)=C(/N=C(/N)CCC)c3ccccc3)CCC12. The second-order valence-electron chi connectivity index (χ2n) is 7.77. The molecule has 0 amide bonds. The molecule has 4 heteroatoms. The fourth-order valence-corrected chi connectivity index (χ4v) is 4.46. The predicted molar refractivity (Wildman–Crippen MR) is 115 cm³/mol. The number of hydrogen-bond acceptors (Lipinski definition) is 3. The highest BCUT2D eigenvalue weighted by atomic mass is 14.9. The van der Waals surface area contributed by atoms with Crippen LogP contribution >= 0.6 is 0 Å². The summed E-state index contributed by atoms with van der Waals surface area (Å²) in [4.78, 5) is 9.33. The van der Waals surface area contributed by atoms with Crippen molar-refractivity contribution in [2.24, 2.45) is 45.1 Å². The van der Waals surface area contributed by atoms with Gasteiger partial charge in [0, 0.05) is 36.4 Å². The Bertz CT molecular complexity index is 732. The van der Waals surface area contributed by atoms with Crippen LogP contribution in [0.5, 0.6) is 0 Å². The normalized spacial score (nSPS) is 29.0. The van der Waals surface area contributed by atoms with Crippen LogP contribution in [0, 0.1) is 23.7 Å². The first-order valence-electron chi connectivity index (χ1n) is 10.1. The van der Waals surface area contributed by atoms with Crippen molar-refractivity contribution < 1.29 is 0 Å². The molecule has 0 saturated heterocycles. The van der Waals surface area contributed by atoms with Gasteiger partial charge in [-0.3, -0.25) is 4.99 Å². The van der Waals surface area contributed by atoms with E-state index in [2.05, 4.69) is 42.9 Å². The molecule has 0 bridgehead atoms. The van der Waals surface area contributed by atoms with Crippen molar-refractivity contribution in [3.05, 3.63) is 54.2 Å².